The molecule has 0 spiro atoms. The largest absolute Gasteiger partial charge is 0.298 e. The lowest BCUT2D eigenvalue weighted by Gasteiger charge is -2.32. The number of aryl methyl sites for hydroxylation is 2. The highest BCUT2D eigenvalue weighted by atomic mass is 19.1. The van der Waals surface area contributed by atoms with Crippen molar-refractivity contribution in [3.63, 3.8) is 0 Å². The fraction of sp³-hybridized carbons (Fsp3) is 0.400. The topological polar surface area (TPSA) is 49.7 Å². The molecule has 3 heterocycles. The number of benzene rings is 1. The van der Waals surface area contributed by atoms with Gasteiger partial charge in [-0.3, -0.25) is 14.7 Å². The molecule has 136 valence electrons. The summed E-state index contributed by atoms with van der Waals surface area (Å²) in [4.78, 5) is 2.49. The number of likely N-dealkylation sites (tertiary alicyclic amines) is 1. The molecule has 1 saturated heterocycles. The van der Waals surface area contributed by atoms with Gasteiger partial charge in [-0.1, -0.05) is 12.1 Å². The summed E-state index contributed by atoms with van der Waals surface area (Å²) >= 11 is 0. The van der Waals surface area contributed by atoms with Crippen molar-refractivity contribution in [2.75, 3.05) is 13.1 Å². The molecule has 1 N–H and O–H groups in total. The van der Waals surface area contributed by atoms with Crippen molar-refractivity contribution in [3.05, 3.63) is 59.4 Å². The van der Waals surface area contributed by atoms with Gasteiger partial charge in [0.25, 0.3) is 0 Å². The van der Waals surface area contributed by atoms with E-state index in [4.69, 9.17) is 0 Å². The minimum atomic E-state index is -0.213. The van der Waals surface area contributed by atoms with E-state index in [-0.39, 0.29) is 5.82 Å². The molecule has 0 saturated carbocycles. The molecule has 1 aromatic carbocycles. The van der Waals surface area contributed by atoms with Gasteiger partial charge in [0.05, 0.1) is 11.9 Å². The Kier molecular flexibility index (Phi) is 4.59. The van der Waals surface area contributed by atoms with Gasteiger partial charge in [-0.25, -0.2) is 4.39 Å². The molecular weight excluding hydrogens is 329 g/mol. The number of aromatic amines is 1. The van der Waals surface area contributed by atoms with Crippen LogP contribution in [0.4, 0.5) is 4.39 Å². The van der Waals surface area contributed by atoms with E-state index in [1.807, 2.05) is 30.1 Å². The second kappa shape index (κ2) is 7.03. The standard InChI is InChI=1S/C20H24FN5/c1-14-17(11-25(2)24-14)13-26-9-3-4-16(12-26)20-19(10-22-23-20)15-5-7-18(21)8-6-15/h5-8,10-11,16H,3-4,9,12-13H2,1-2H3,(H,22,23). The summed E-state index contributed by atoms with van der Waals surface area (Å²) in [7, 11) is 1.97. The first-order valence-electron chi connectivity index (χ1n) is 9.11. The first-order valence-corrected chi connectivity index (χ1v) is 9.11. The Balaban J connectivity index is 1.52. The number of halogens is 1. The quantitative estimate of drug-likeness (QED) is 0.779. The third kappa shape index (κ3) is 3.42. The average molecular weight is 353 g/mol. The summed E-state index contributed by atoms with van der Waals surface area (Å²) in [5.74, 6) is 0.192. The number of nitrogens with zero attached hydrogens (tertiary/aromatic N) is 4. The van der Waals surface area contributed by atoms with Crippen LogP contribution < -0.4 is 0 Å². The molecule has 1 fully saturated rings. The van der Waals surface area contributed by atoms with Crippen LogP contribution in [0, 0.1) is 12.7 Å². The molecule has 1 unspecified atom stereocenters. The Morgan fingerprint density at radius 3 is 2.81 bits per heavy atom. The smallest absolute Gasteiger partial charge is 0.123 e. The van der Waals surface area contributed by atoms with Gasteiger partial charge in [-0.2, -0.15) is 10.2 Å². The lowest BCUT2D eigenvalue weighted by molar-refractivity contribution is 0.198. The van der Waals surface area contributed by atoms with Crippen LogP contribution in [0.2, 0.25) is 0 Å². The number of piperidine rings is 1. The van der Waals surface area contributed by atoms with Crippen molar-refractivity contribution in [2.45, 2.75) is 32.2 Å². The number of hydrogen-bond donors (Lipinski definition) is 1. The highest BCUT2D eigenvalue weighted by Gasteiger charge is 2.25. The summed E-state index contributed by atoms with van der Waals surface area (Å²) < 4.78 is 15.1. The van der Waals surface area contributed by atoms with Crippen LogP contribution in [0.1, 0.15) is 35.7 Å². The SMILES string of the molecule is Cc1nn(C)cc1CN1CCCC(c2[nH]ncc2-c2ccc(F)cc2)C1. The molecule has 0 aliphatic carbocycles. The van der Waals surface area contributed by atoms with E-state index >= 15 is 0 Å². The average Bonchev–Trinajstić information content (AvgIpc) is 3.23. The summed E-state index contributed by atoms with van der Waals surface area (Å²) in [6.45, 7) is 5.09. The molecule has 6 heteroatoms. The highest BCUT2D eigenvalue weighted by molar-refractivity contribution is 5.65. The maximum Gasteiger partial charge on any atom is 0.123 e. The summed E-state index contributed by atoms with van der Waals surface area (Å²) in [5, 5.41) is 11.9. The van der Waals surface area contributed by atoms with E-state index in [9.17, 15) is 4.39 Å². The Morgan fingerprint density at radius 2 is 2.08 bits per heavy atom. The van der Waals surface area contributed by atoms with Gasteiger partial charge < -0.3 is 0 Å². The van der Waals surface area contributed by atoms with Crippen molar-refractivity contribution in [2.24, 2.45) is 7.05 Å². The van der Waals surface area contributed by atoms with Crippen LogP contribution >= 0.6 is 0 Å². The third-order valence-corrected chi connectivity index (χ3v) is 5.25. The fourth-order valence-electron chi connectivity index (χ4n) is 3.95. The Morgan fingerprint density at radius 1 is 1.27 bits per heavy atom. The predicted octanol–water partition coefficient (Wildman–Crippen LogP) is 3.64. The minimum Gasteiger partial charge on any atom is -0.298 e. The molecule has 1 atom stereocenters. The maximum absolute atomic E-state index is 13.2. The Labute approximate surface area is 152 Å². The van der Waals surface area contributed by atoms with Crippen LogP contribution in [0.5, 0.6) is 0 Å². The first-order chi connectivity index (χ1) is 12.6. The number of hydrogen-bond acceptors (Lipinski definition) is 3. The molecule has 3 aromatic rings. The Hall–Kier alpha value is -2.47. The lowest BCUT2D eigenvalue weighted by Crippen LogP contribution is -2.34. The molecular formula is C20H24FN5. The van der Waals surface area contributed by atoms with Gasteiger partial charge in [0.2, 0.25) is 0 Å². The molecule has 2 aromatic heterocycles. The molecule has 26 heavy (non-hydrogen) atoms. The van der Waals surface area contributed by atoms with Crippen molar-refractivity contribution in [3.8, 4) is 11.1 Å². The second-order valence-corrected chi connectivity index (χ2v) is 7.19. The normalized spacial score (nSPS) is 18.3. The predicted molar refractivity (Wildman–Crippen MR) is 99.2 cm³/mol. The van der Waals surface area contributed by atoms with E-state index < -0.39 is 0 Å². The summed E-state index contributed by atoms with van der Waals surface area (Å²) in [6.07, 6.45) is 6.26. The molecule has 1 aliphatic rings. The van der Waals surface area contributed by atoms with E-state index in [0.717, 1.165) is 55.0 Å². The second-order valence-electron chi connectivity index (χ2n) is 7.19. The van der Waals surface area contributed by atoms with Crippen LogP contribution in [-0.2, 0) is 13.6 Å². The summed E-state index contributed by atoms with van der Waals surface area (Å²) in [5.41, 5.74) is 5.63. The van der Waals surface area contributed by atoms with Crippen LogP contribution in [0.25, 0.3) is 11.1 Å². The van der Waals surface area contributed by atoms with E-state index in [1.54, 1.807) is 0 Å². The Bertz CT molecular complexity index is 880. The molecule has 0 bridgehead atoms. The summed E-state index contributed by atoms with van der Waals surface area (Å²) in [6, 6.07) is 6.65. The third-order valence-electron chi connectivity index (χ3n) is 5.25. The zero-order valence-electron chi connectivity index (χ0n) is 15.2. The maximum atomic E-state index is 13.2. The van der Waals surface area contributed by atoms with E-state index in [2.05, 4.69) is 33.3 Å². The molecule has 4 rings (SSSR count). The van der Waals surface area contributed by atoms with Crippen LogP contribution in [0.3, 0.4) is 0 Å². The van der Waals surface area contributed by atoms with Crippen molar-refractivity contribution < 1.29 is 4.39 Å². The highest BCUT2D eigenvalue weighted by Crippen LogP contribution is 2.33. The van der Waals surface area contributed by atoms with Crippen LogP contribution in [0.15, 0.2) is 36.7 Å². The van der Waals surface area contributed by atoms with E-state index in [0.29, 0.717) is 5.92 Å². The van der Waals surface area contributed by atoms with Gasteiger partial charge in [-0.05, 0) is 44.0 Å². The van der Waals surface area contributed by atoms with E-state index in [1.165, 1.54) is 17.7 Å². The fourth-order valence-corrected chi connectivity index (χ4v) is 3.95. The molecule has 1 aliphatic heterocycles. The van der Waals surface area contributed by atoms with Gasteiger partial charge in [0.15, 0.2) is 0 Å². The van der Waals surface area contributed by atoms with Gasteiger partial charge >= 0.3 is 0 Å². The van der Waals surface area contributed by atoms with Gasteiger partial charge in [-0.15, -0.1) is 0 Å². The van der Waals surface area contributed by atoms with Gasteiger partial charge in [0, 0.05) is 49.1 Å². The zero-order chi connectivity index (χ0) is 18.1. The number of H-pyrrole nitrogens is 1. The lowest BCUT2D eigenvalue weighted by atomic mass is 9.90. The number of aromatic nitrogens is 4. The zero-order valence-corrected chi connectivity index (χ0v) is 15.2. The molecule has 0 radical (unpaired) electrons. The van der Waals surface area contributed by atoms with Crippen LogP contribution in [-0.4, -0.2) is 38.0 Å². The molecule has 0 amide bonds. The first kappa shape index (κ1) is 17.0. The van der Waals surface area contributed by atoms with Gasteiger partial charge in [0.1, 0.15) is 5.82 Å². The van der Waals surface area contributed by atoms with Crippen molar-refractivity contribution in [1.29, 1.82) is 0 Å². The van der Waals surface area contributed by atoms with Crippen molar-refractivity contribution in [1.82, 2.24) is 24.9 Å². The van der Waals surface area contributed by atoms with Crippen molar-refractivity contribution >= 4 is 0 Å². The minimum absolute atomic E-state index is 0.213. The number of nitrogens with one attached hydrogen (secondary N) is 1. The molecule has 5 nitrogen and oxygen atoms in total. The monoisotopic (exact) mass is 353 g/mol. The number of rotatable bonds is 4.